The highest BCUT2D eigenvalue weighted by Gasteiger charge is 2.48. The highest BCUT2D eigenvalue weighted by Crippen LogP contribution is 2.43. The number of anilines is 1. The van der Waals surface area contributed by atoms with Crippen molar-refractivity contribution in [3.8, 4) is 0 Å². The molecule has 1 heterocycles. The number of rotatable bonds is 3. The van der Waals surface area contributed by atoms with E-state index in [0.717, 1.165) is 12.2 Å². The van der Waals surface area contributed by atoms with E-state index in [1.54, 1.807) is 7.11 Å². The van der Waals surface area contributed by atoms with Gasteiger partial charge in [-0.05, 0) is 25.0 Å². The van der Waals surface area contributed by atoms with E-state index in [-0.39, 0.29) is 5.41 Å². The summed E-state index contributed by atoms with van der Waals surface area (Å²) in [5, 5.41) is 3.51. The van der Waals surface area contributed by atoms with Crippen LogP contribution in [0.15, 0.2) is 18.3 Å². The molecule has 3 nitrogen and oxygen atoms in total. The quantitative estimate of drug-likeness (QED) is 0.850. The van der Waals surface area contributed by atoms with Crippen LogP contribution in [0.25, 0.3) is 0 Å². The molecule has 0 amide bonds. The number of methoxy groups -OCH3 is 1. The maximum atomic E-state index is 5.44. The Morgan fingerprint density at radius 3 is 2.81 bits per heavy atom. The van der Waals surface area contributed by atoms with Gasteiger partial charge in [-0.15, -0.1) is 0 Å². The molecule has 1 N–H and O–H groups in total. The Morgan fingerprint density at radius 2 is 2.25 bits per heavy atom. The third-order valence-corrected chi connectivity index (χ3v) is 3.78. The second-order valence-electron chi connectivity index (χ2n) is 5.15. The number of nitrogens with one attached hydrogen (secondary N) is 1. The number of aryl methyl sites for hydroxylation is 1. The van der Waals surface area contributed by atoms with E-state index >= 15 is 0 Å². The van der Waals surface area contributed by atoms with Gasteiger partial charge in [-0.25, -0.2) is 4.98 Å². The zero-order valence-electron chi connectivity index (χ0n) is 10.4. The van der Waals surface area contributed by atoms with Crippen LogP contribution >= 0.6 is 0 Å². The summed E-state index contributed by atoms with van der Waals surface area (Å²) < 4.78 is 5.44. The molecule has 3 heteroatoms. The van der Waals surface area contributed by atoms with Crippen molar-refractivity contribution in [3.05, 3.63) is 23.9 Å². The number of hydrogen-bond donors (Lipinski definition) is 1. The number of ether oxygens (including phenoxy) is 1. The number of pyridine rings is 1. The van der Waals surface area contributed by atoms with Crippen LogP contribution in [0.4, 0.5) is 5.82 Å². The van der Waals surface area contributed by atoms with Gasteiger partial charge in [0.1, 0.15) is 5.82 Å². The van der Waals surface area contributed by atoms with Gasteiger partial charge >= 0.3 is 0 Å². The Kier molecular flexibility index (Phi) is 2.89. The molecule has 1 aliphatic rings. The molecule has 0 bridgehead atoms. The number of aromatic nitrogens is 1. The van der Waals surface area contributed by atoms with Crippen LogP contribution in [0.1, 0.15) is 25.8 Å². The van der Waals surface area contributed by atoms with E-state index < -0.39 is 0 Å². The number of hydrogen-bond acceptors (Lipinski definition) is 3. The van der Waals surface area contributed by atoms with Gasteiger partial charge in [0.05, 0.1) is 6.10 Å². The molecule has 1 aromatic rings. The van der Waals surface area contributed by atoms with Crippen molar-refractivity contribution in [1.29, 1.82) is 0 Å². The van der Waals surface area contributed by atoms with Crippen molar-refractivity contribution in [1.82, 2.24) is 4.98 Å². The van der Waals surface area contributed by atoms with Gasteiger partial charge in [-0.2, -0.15) is 0 Å². The molecule has 16 heavy (non-hydrogen) atoms. The first kappa shape index (κ1) is 11.4. The van der Waals surface area contributed by atoms with Gasteiger partial charge in [-0.1, -0.05) is 19.9 Å². The summed E-state index contributed by atoms with van der Waals surface area (Å²) in [4.78, 5) is 4.36. The molecular formula is C13H20N2O. The topological polar surface area (TPSA) is 34.1 Å². The zero-order valence-corrected chi connectivity index (χ0v) is 10.4. The fourth-order valence-corrected chi connectivity index (χ4v) is 2.33. The van der Waals surface area contributed by atoms with E-state index in [1.165, 1.54) is 5.56 Å². The van der Waals surface area contributed by atoms with E-state index in [1.807, 2.05) is 12.3 Å². The summed E-state index contributed by atoms with van der Waals surface area (Å²) in [6.45, 7) is 6.55. The van der Waals surface area contributed by atoms with Gasteiger partial charge in [0, 0.05) is 24.8 Å². The average Bonchev–Trinajstić information content (AvgIpc) is 2.26. The standard InChI is InChI=1S/C13H20N2O/c1-9-6-5-7-14-12(9)15-10-8-11(16-4)13(10,2)3/h5-7,10-11H,8H2,1-4H3,(H,14,15). The molecule has 0 aliphatic heterocycles. The van der Waals surface area contributed by atoms with Crippen LogP contribution in [-0.2, 0) is 4.74 Å². The van der Waals surface area contributed by atoms with Crippen LogP contribution in [0.2, 0.25) is 0 Å². The molecule has 1 fully saturated rings. The minimum atomic E-state index is 0.179. The third kappa shape index (κ3) is 1.80. The summed E-state index contributed by atoms with van der Waals surface area (Å²) in [5.74, 6) is 0.995. The van der Waals surface area contributed by atoms with Crippen LogP contribution in [0.3, 0.4) is 0 Å². The fraction of sp³-hybridized carbons (Fsp3) is 0.615. The fourth-order valence-electron chi connectivity index (χ4n) is 2.33. The van der Waals surface area contributed by atoms with Gasteiger partial charge in [0.2, 0.25) is 0 Å². The number of nitrogens with zero attached hydrogens (tertiary/aromatic N) is 1. The summed E-state index contributed by atoms with van der Waals surface area (Å²) >= 11 is 0. The molecule has 2 unspecified atom stereocenters. The van der Waals surface area contributed by atoms with E-state index in [0.29, 0.717) is 12.1 Å². The lowest BCUT2D eigenvalue weighted by Crippen LogP contribution is -2.57. The van der Waals surface area contributed by atoms with Crippen molar-refractivity contribution < 1.29 is 4.74 Å². The van der Waals surface area contributed by atoms with Crippen molar-refractivity contribution in [2.45, 2.75) is 39.3 Å². The molecular weight excluding hydrogens is 200 g/mol. The summed E-state index contributed by atoms with van der Waals surface area (Å²) in [6, 6.07) is 4.49. The molecule has 1 aromatic heterocycles. The minimum Gasteiger partial charge on any atom is -0.381 e. The lowest BCUT2D eigenvalue weighted by Gasteiger charge is -2.51. The molecule has 2 atom stereocenters. The predicted octanol–water partition coefficient (Wildman–Crippen LogP) is 2.62. The molecule has 2 rings (SSSR count). The van der Waals surface area contributed by atoms with Crippen LogP contribution < -0.4 is 5.32 Å². The van der Waals surface area contributed by atoms with Gasteiger partial charge in [-0.3, -0.25) is 0 Å². The van der Waals surface area contributed by atoms with Crippen molar-refractivity contribution in [3.63, 3.8) is 0 Å². The normalized spacial score (nSPS) is 27.2. The minimum absolute atomic E-state index is 0.179. The van der Waals surface area contributed by atoms with Gasteiger partial charge < -0.3 is 10.1 Å². The molecule has 0 saturated heterocycles. The van der Waals surface area contributed by atoms with Crippen molar-refractivity contribution in [2.75, 3.05) is 12.4 Å². The van der Waals surface area contributed by atoms with E-state index in [9.17, 15) is 0 Å². The van der Waals surface area contributed by atoms with Crippen LogP contribution in [-0.4, -0.2) is 24.2 Å². The first-order valence-electron chi connectivity index (χ1n) is 5.76. The highest BCUT2D eigenvalue weighted by molar-refractivity contribution is 5.44. The second-order valence-corrected chi connectivity index (χ2v) is 5.15. The largest absolute Gasteiger partial charge is 0.381 e. The zero-order chi connectivity index (χ0) is 11.8. The van der Waals surface area contributed by atoms with Crippen molar-refractivity contribution >= 4 is 5.82 Å². The van der Waals surface area contributed by atoms with E-state index in [4.69, 9.17) is 4.74 Å². The Labute approximate surface area is 97.2 Å². The monoisotopic (exact) mass is 220 g/mol. The molecule has 0 radical (unpaired) electrons. The maximum Gasteiger partial charge on any atom is 0.129 e. The SMILES string of the molecule is COC1CC(Nc2ncccc2C)C1(C)C. The molecule has 0 spiro atoms. The maximum absolute atomic E-state index is 5.44. The second kappa shape index (κ2) is 4.06. The molecule has 88 valence electrons. The van der Waals surface area contributed by atoms with E-state index in [2.05, 4.69) is 37.1 Å². The first-order valence-corrected chi connectivity index (χ1v) is 5.76. The summed E-state index contributed by atoms with van der Waals surface area (Å²) in [5.41, 5.74) is 1.37. The third-order valence-electron chi connectivity index (χ3n) is 3.78. The first-order chi connectivity index (χ1) is 7.55. The lowest BCUT2D eigenvalue weighted by atomic mass is 9.64. The lowest BCUT2D eigenvalue weighted by molar-refractivity contribution is -0.0795. The Balaban J connectivity index is 2.05. The van der Waals surface area contributed by atoms with Crippen LogP contribution in [0.5, 0.6) is 0 Å². The Morgan fingerprint density at radius 1 is 1.50 bits per heavy atom. The molecule has 0 aromatic carbocycles. The smallest absolute Gasteiger partial charge is 0.129 e. The molecule has 1 saturated carbocycles. The molecule has 1 aliphatic carbocycles. The van der Waals surface area contributed by atoms with Gasteiger partial charge in [0.15, 0.2) is 0 Å². The predicted molar refractivity (Wildman–Crippen MR) is 65.6 cm³/mol. The highest BCUT2D eigenvalue weighted by atomic mass is 16.5. The van der Waals surface area contributed by atoms with Gasteiger partial charge in [0.25, 0.3) is 0 Å². The average molecular weight is 220 g/mol. The Hall–Kier alpha value is -1.09. The summed E-state index contributed by atoms with van der Waals surface area (Å²) in [6.07, 6.45) is 3.24. The Bertz CT molecular complexity index is 376. The van der Waals surface area contributed by atoms with Crippen LogP contribution in [0, 0.1) is 12.3 Å². The summed E-state index contributed by atoms with van der Waals surface area (Å²) in [7, 11) is 1.79. The van der Waals surface area contributed by atoms with Crippen molar-refractivity contribution in [2.24, 2.45) is 5.41 Å².